The molecule has 0 aliphatic rings. The number of pyridine rings is 1. The summed E-state index contributed by atoms with van der Waals surface area (Å²) < 4.78 is 37.1. The highest BCUT2D eigenvalue weighted by atomic mass is 19.4. The molecule has 0 bridgehead atoms. The van der Waals surface area contributed by atoms with Gasteiger partial charge in [-0.2, -0.15) is 18.4 Å². The molecular weight excluding hydrogens is 255 g/mol. The lowest BCUT2D eigenvalue weighted by Crippen LogP contribution is -2.31. The van der Waals surface area contributed by atoms with Gasteiger partial charge in [0.25, 0.3) is 0 Å². The molecule has 1 heterocycles. The van der Waals surface area contributed by atoms with Crippen LogP contribution in [0.3, 0.4) is 0 Å². The van der Waals surface area contributed by atoms with Gasteiger partial charge in [-0.25, -0.2) is 4.98 Å². The Morgan fingerprint density at radius 1 is 1.32 bits per heavy atom. The minimum Gasteiger partial charge on any atom is -0.351 e. The fourth-order valence-corrected chi connectivity index (χ4v) is 1.80. The van der Waals surface area contributed by atoms with Crippen LogP contribution in [-0.2, 0) is 0 Å². The Kier molecular flexibility index (Phi) is 3.30. The Morgan fingerprint density at radius 3 is 2.63 bits per heavy atom. The lowest BCUT2D eigenvalue weighted by atomic mass is 10.1. The SMILES string of the molecule is CN(CC(F)(F)F)c1cc(C#N)c2ccccc2n1. The largest absolute Gasteiger partial charge is 0.405 e. The highest BCUT2D eigenvalue weighted by molar-refractivity contribution is 5.86. The van der Waals surface area contributed by atoms with Crippen LogP contribution in [0, 0.1) is 11.3 Å². The van der Waals surface area contributed by atoms with Gasteiger partial charge in [0.15, 0.2) is 0 Å². The quantitative estimate of drug-likeness (QED) is 0.837. The summed E-state index contributed by atoms with van der Waals surface area (Å²) in [4.78, 5) is 5.12. The molecule has 0 spiro atoms. The van der Waals surface area contributed by atoms with E-state index in [1.165, 1.54) is 13.1 Å². The minimum atomic E-state index is -4.31. The zero-order chi connectivity index (χ0) is 14.0. The number of benzene rings is 1. The van der Waals surface area contributed by atoms with Gasteiger partial charge in [-0.1, -0.05) is 18.2 Å². The van der Waals surface area contributed by atoms with Crippen LogP contribution < -0.4 is 4.90 Å². The molecule has 0 atom stereocenters. The number of fused-ring (bicyclic) bond motifs is 1. The molecule has 1 aromatic carbocycles. The van der Waals surface area contributed by atoms with Gasteiger partial charge in [0.05, 0.1) is 17.1 Å². The standard InChI is InChI=1S/C13H10F3N3/c1-19(8-13(14,15)16)12-6-9(7-17)10-4-2-3-5-11(10)18-12/h2-6H,8H2,1H3. The van der Waals surface area contributed by atoms with E-state index in [0.717, 1.165) is 4.90 Å². The smallest absolute Gasteiger partial charge is 0.351 e. The molecule has 98 valence electrons. The van der Waals surface area contributed by atoms with Crippen molar-refractivity contribution in [3.05, 3.63) is 35.9 Å². The topological polar surface area (TPSA) is 39.9 Å². The van der Waals surface area contributed by atoms with E-state index in [-0.39, 0.29) is 5.82 Å². The molecule has 0 aliphatic heterocycles. The van der Waals surface area contributed by atoms with Gasteiger partial charge in [-0.05, 0) is 12.1 Å². The van der Waals surface area contributed by atoms with Crippen LogP contribution in [0.2, 0.25) is 0 Å². The molecule has 0 N–H and O–H groups in total. The molecule has 0 unspecified atom stereocenters. The fourth-order valence-electron chi connectivity index (χ4n) is 1.80. The second-order valence-electron chi connectivity index (χ2n) is 4.13. The number of nitrogens with zero attached hydrogens (tertiary/aromatic N) is 3. The van der Waals surface area contributed by atoms with Crippen molar-refractivity contribution in [1.82, 2.24) is 4.98 Å². The summed E-state index contributed by atoms with van der Waals surface area (Å²) in [5.41, 5.74) is 0.820. The van der Waals surface area contributed by atoms with Crippen molar-refractivity contribution in [2.45, 2.75) is 6.18 Å². The van der Waals surface area contributed by atoms with Crippen LogP contribution in [0.1, 0.15) is 5.56 Å². The molecule has 3 nitrogen and oxygen atoms in total. The van der Waals surface area contributed by atoms with Crippen LogP contribution in [0.25, 0.3) is 10.9 Å². The van der Waals surface area contributed by atoms with Gasteiger partial charge in [0.2, 0.25) is 0 Å². The maximum absolute atomic E-state index is 12.4. The maximum atomic E-state index is 12.4. The Labute approximate surface area is 107 Å². The number of hydrogen-bond acceptors (Lipinski definition) is 3. The molecule has 0 saturated heterocycles. The van der Waals surface area contributed by atoms with Crippen molar-refractivity contribution in [3.8, 4) is 6.07 Å². The second-order valence-corrected chi connectivity index (χ2v) is 4.13. The number of nitriles is 1. The highest BCUT2D eigenvalue weighted by Crippen LogP contribution is 2.24. The Hall–Kier alpha value is -2.29. The van der Waals surface area contributed by atoms with Crippen molar-refractivity contribution >= 4 is 16.7 Å². The summed E-state index contributed by atoms with van der Waals surface area (Å²) in [5, 5.41) is 9.69. The van der Waals surface area contributed by atoms with Crippen LogP contribution in [0.5, 0.6) is 0 Å². The third-order valence-electron chi connectivity index (χ3n) is 2.63. The highest BCUT2D eigenvalue weighted by Gasteiger charge is 2.30. The Bertz CT molecular complexity index is 644. The Morgan fingerprint density at radius 2 is 2.00 bits per heavy atom. The summed E-state index contributed by atoms with van der Waals surface area (Å²) in [7, 11) is 1.30. The molecule has 2 aromatic rings. The minimum absolute atomic E-state index is 0.132. The number of halogens is 3. The van der Waals surface area contributed by atoms with Gasteiger partial charge in [-0.3, -0.25) is 0 Å². The van der Waals surface area contributed by atoms with Crippen molar-refractivity contribution in [2.24, 2.45) is 0 Å². The number of anilines is 1. The Balaban J connectivity index is 2.48. The van der Waals surface area contributed by atoms with E-state index in [0.29, 0.717) is 16.5 Å². The van der Waals surface area contributed by atoms with E-state index in [1.807, 2.05) is 6.07 Å². The van der Waals surface area contributed by atoms with E-state index in [1.54, 1.807) is 24.3 Å². The van der Waals surface area contributed by atoms with E-state index in [4.69, 9.17) is 5.26 Å². The van der Waals surface area contributed by atoms with Crippen molar-refractivity contribution in [1.29, 1.82) is 5.26 Å². The molecule has 0 fully saturated rings. The average Bonchev–Trinajstić information content (AvgIpc) is 2.35. The normalized spacial score (nSPS) is 11.3. The van der Waals surface area contributed by atoms with Crippen LogP contribution in [0.15, 0.2) is 30.3 Å². The number of para-hydroxylation sites is 1. The number of rotatable bonds is 2. The molecule has 19 heavy (non-hydrogen) atoms. The molecule has 1 aromatic heterocycles. The van der Waals surface area contributed by atoms with Gasteiger partial charge in [0.1, 0.15) is 12.4 Å². The first-order valence-electron chi connectivity index (χ1n) is 5.48. The molecular formula is C13H10F3N3. The van der Waals surface area contributed by atoms with E-state index in [9.17, 15) is 13.2 Å². The molecule has 6 heteroatoms. The van der Waals surface area contributed by atoms with Crippen molar-refractivity contribution in [2.75, 3.05) is 18.5 Å². The van der Waals surface area contributed by atoms with E-state index in [2.05, 4.69) is 4.98 Å². The second kappa shape index (κ2) is 4.76. The maximum Gasteiger partial charge on any atom is 0.405 e. The fraction of sp³-hybridized carbons (Fsp3) is 0.231. The zero-order valence-corrected chi connectivity index (χ0v) is 10.1. The molecule has 0 aliphatic carbocycles. The van der Waals surface area contributed by atoms with Crippen LogP contribution in [0.4, 0.5) is 19.0 Å². The molecule has 2 rings (SSSR count). The predicted molar refractivity (Wildman–Crippen MR) is 65.8 cm³/mol. The summed E-state index contributed by atoms with van der Waals surface area (Å²) >= 11 is 0. The number of alkyl halides is 3. The summed E-state index contributed by atoms with van der Waals surface area (Å²) in [6, 6.07) is 10.2. The van der Waals surface area contributed by atoms with Crippen molar-refractivity contribution < 1.29 is 13.2 Å². The summed E-state index contributed by atoms with van der Waals surface area (Å²) in [5.74, 6) is 0.132. The summed E-state index contributed by atoms with van der Waals surface area (Å²) in [6.07, 6.45) is -4.31. The van der Waals surface area contributed by atoms with Crippen LogP contribution >= 0.6 is 0 Å². The number of aromatic nitrogens is 1. The lowest BCUT2D eigenvalue weighted by Gasteiger charge is -2.20. The zero-order valence-electron chi connectivity index (χ0n) is 10.1. The van der Waals surface area contributed by atoms with E-state index < -0.39 is 12.7 Å². The monoisotopic (exact) mass is 265 g/mol. The molecule has 0 saturated carbocycles. The van der Waals surface area contributed by atoms with Crippen molar-refractivity contribution in [3.63, 3.8) is 0 Å². The first-order valence-corrected chi connectivity index (χ1v) is 5.48. The van der Waals surface area contributed by atoms with Gasteiger partial charge < -0.3 is 4.90 Å². The molecule has 0 amide bonds. The lowest BCUT2D eigenvalue weighted by molar-refractivity contribution is -0.119. The first kappa shape index (κ1) is 13.1. The summed E-state index contributed by atoms with van der Waals surface area (Å²) in [6.45, 7) is -1.11. The van der Waals surface area contributed by atoms with Crippen LogP contribution in [-0.4, -0.2) is 24.8 Å². The van der Waals surface area contributed by atoms with Gasteiger partial charge in [0, 0.05) is 12.4 Å². The average molecular weight is 265 g/mol. The first-order chi connectivity index (χ1) is 8.90. The van der Waals surface area contributed by atoms with Gasteiger partial charge >= 0.3 is 6.18 Å². The van der Waals surface area contributed by atoms with Gasteiger partial charge in [-0.15, -0.1) is 0 Å². The predicted octanol–water partition coefficient (Wildman–Crippen LogP) is 3.10. The third kappa shape index (κ3) is 2.94. The van der Waals surface area contributed by atoms with E-state index >= 15 is 0 Å². The number of hydrogen-bond donors (Lipinski definition) is 0. The molecule has 0 radical (unpaired) electrons. The third-order valence-corrected chi connectivity index (χ3v) is 2.63.